The van der Waals surface area contributed by atoms with E-state index in [0.717, 1.165) is 31.8 Å². The van der Waals surface area contributed by atoms with Gasteiger partial charge in [0, 0.05) is 29.3 Å². The second kappa shape index (κ2) is 7.15. The molecule has 1 aromatic carbocycles. The minimum Gasteiger partial charge on any atom is -0.495 e. The minimum absolute atomic E-state index is 0.691. The maximum atomic E-state index is 5.42. The van der Waals surface area contributed by atoms with E-state index in [2.05, 4.69) is 47.1 Å². The van der Waals surface area contributed by atoms with Crippen LogP contribution in [0.5, 0.6) is 5.75 Å². The molecule has 4 nitrogen and oxygen atoms in total. The van der Waals surface area contributed by atoms with Crippen LogP contribution >= 0.6 is 31.9 Å². The number of benzene rings is 1. The van der Waals surface area contributed by atoms with Gasteiger partial charge in [-0.2, -0.15) is 0 Å². The molecule has 2 aromatic rings. The monoisotopic (exact) mass is 399 g/mol. The Morgan fingerprint density at radius 3 is 2.75 bits per heavy atom. The van der Waals surface area contributed by atoms with Crippen LogP contribution < -0.4 is 10.1 Å². The van der Waals surface area contributed by atoms with Crippen LogP contribution in [-0.4, -0.2) is 17.1 Å². The maximum absolute atomic E-state index is 5.42. The summed E-state index contributed by atoms with van der Waals surface area (Å²) in [7, 11) is 1.67. The van der Waals surface area contributed by atoms with Gasteiger partial charge in [-0.25, -0.2) is 9.97 Å². The molecule has 0 aliphatic rings. The highest BCUT2D eigenvalue weighted by Crippen LogP contribution is 2.32. The van der Waals surface area contributed by atoms with Crippen molar-refractivity contribution in [2.45, 2.75) is 20.0 Å². The fourth-order valence-corrected chi connectivity index (χ4v) is 3.38. The zero-order valence-corrected chi connectivity index (χ0v) is 14.5. The maximum Gasteiger partial charge on any atom is 0.137 e. The Kier molecular flexibility index (Phi) is 5.51. The average Bonchev–Trinajstić information content (AvgIpc) is 2.38. The number of methoxy groups -OCH3 is 1. The molecule has 0 spiro atoms. The van der Waals surface area contributed by atoms with Crippen molar-refractivity contribution in [3.63, 3.8) is 0 Å². The molecule has 0 radical (unpaired) electrons. The average molecular weight is 401 g/mol. The summed E-state index contributed by atoms with van der Waals surface area (Å²) in [6.45, 7) is 3.28. The number of nitrogens with zero attached hydrogens (tertiary/aromatic N) is 2. The molecule has 0 fully saturated rings. The van der Waals surface area contributed by atoms with Crippen molar-refractivity contribution >= 4 is 31.9 Å². The molecular formula is C14H15Br2N3O. The Morgan fingerprint density at radius 1 is 1.25 bits per heavy atom. The van der Waals surface area contributed by atoms with Crippen molar-refractivity contribution in [2.75, 3.05) is 7.11 Å². The van der Waals surface area contributed by atoms with Gasteiger partial charge in [0.05, 0.1) is 17.3 Å². The summed E-state index contributed by atoms with van der Waals surface area (Å²) in [5.41, 5.74) is 2.06. The summed E-state index contributed by atoms with van der Waals surface area (Å²) in [4.78, 5) is 8.44. The van der Waals surface area contributed by atoms with Crippen molar-refractivity contribution in [3.8, 4) is 5.75 Å². The predicted molar refractivity (Wildman–Crippen MR) is 85.7 cm³/mol. The molecule has 1 heterocycles. The van der Waals surface area contributed by atoms with Gasteiger partial charge in [-0.05, 0) is 41.1 Å². The molecule has 20 heavy (non-hydrogen) atoms. The van der Waals surface area contributed by atoms with E-state index in [1.54, 1.807) is 13.3 Å². The Hall–Kier alpha value is -0.980. The third-order valence-electron chi connectivity index (χ3n) is 2.74. The first-order valence-corrected chi connectivity index (χ1v) is 7.70. The summed E-state index contributed by atoms with van der Waals surface area (Å²) in [5.74, 6) is 1.63. The minimum atomic E-state index is 0.691. The van der Waals surface area contributed by atoms with Gasteiger partial charge in [-0.1, -0.05) is 15.9 Å². The summed E-state index contributed by atoms with van der Waals surface area (Å²) in [6.07, 6.45) is 1.77. The smallest absolute Gasteiger partial charge is 0.137 e. The lowest BCUT2D eigenvalue weighted by Gasteiger charge is -2.12. The second-order valence-corrected chi connectivity index (χ2v) is 6.05. The molecule has 0 aliphatic heterocycles. The van der Waals surface area contributed by atoms with Crippen LogP contribution in [0.2, 0.25) is 0 Å². The van der Waals surface area contributed by atoms with E-state index in [1.807, 2.05) is 25.1 Å². The van der Waals surface area contributed by atoms with Gasteiger partial charge in [0.15, 0.2) is 0 Å². The zero-order chi connectivity index (χ0) is 14.5. The van der Waals surface area contributed by atoms with Gasteiger partial charge in [0.25, 0.3) is 0 Å². The van der Waals surface area contributed by atoms with Gasteiger partial charge in [-0.3, -0.25) is 0 Å². The van der Waals surface area contributed by atoms with Gasteiger partial charge in [-0.15, -0.1) is 0 Å². The van der Waals surface area contributed by atoms with E-state index in [0.29, 0.717) is 13.1 Å². The number of hydrogen-bond acceptors (Lipinski definition) is 4. The van der Waals surface area contributed by atoms with Gasteiger partial charge < -0.3 is 10.1 Å². The topological polar surface area (TPSA) is 47.0 Å². The molecule has 0 aliphatic carbocycles. The van der Waals surface area contributed by atoms with Crippen molar-refractivity contribution in [3.05, 3.63) is 50.4 Å². The molecule has 1 aromatic heterocycles. The molecule has 0 amide bonds. The quantitative estimate of drug-likeness (QED) is 0.832. The highest BCUT2D eigenvalue weighted by molar-refractivity contribution is 9.11. The molecule has 106 valence electrons. The molecule has 0 bridgehead atoms. The summed E-state index contributed by atoms with van der Waals surface area (Å²) < 4.78 is 7.37. The molecule has 6 heteroatoms. The van der Waals surface area contributed by atoms with E-state index in [-0.39, 0.29) is 0 Å². The number of aryl methyl sites for hydroxylation is 1. The summed E-state index contributed by atoms with van der Waals surface area (Å²) in [6, 6.07) is 5.92. The third kappa shape index (κ3) is 4.01. The van der Waals surface area contributed by atoms with Crippen molar-refractivity contribution in [2.24, 2.45) is 0 Å². The fourth-order valence-electron chi connectivity index (χ4n) is 1.90. The highest BCUT2D eigenvalue weighted by Gasteiger charge is 2.09. The molecule has 1 N–H and O–H groups in total. The standard InChI is InChI=1S/C14H15Br2N3O/c1-9-18-4-3-12(19-9)8-17-7-10-5-11(15)6-13(16)14(10)20-2/h3-6,17H,7-8H2,1-2H3. The number of hydrogen-bond donors (Lipinski definition) is 1. The molecular weight excluding hydrogens is 386 g/mol. The van der Waals surface area contributed by atoms with E-state index in [1.165, 1.54) is 0 Å². The third-order valence-corrected chi connectivity index (χ3v) is 3.79. The van der Waals surface area contributed by atoms with E-state index >= 15 is 0 Å². The van der Waals surface area contributed by atoms with Crippen molar-refractivity contribution in [1.29, 1.82) is 0 Å². The Bertz CT molecular complexity index is 605. The zero-order valence-electron chi connectivity index (χ0n) is 11.3. The lowest BCUT2D eigenvalue weighted by atomic mass is 10.2. The van der Waals surface area contributed by atoms with E-state index in [4.69, 9.17) is 4.74 Å². The van der Waals surface area contributed by atoms with Crippen LogP contribution in [0, 0.1) is 6.92 Å². The normalized spacial score (nSPS) is 10.6. The van der Waals surface area contributed by atoms with Gasteiger partial charge in [0.2, 0.25) is 0 Å². The first-order valence-electron chi connectivity index (χ1n) is 6.11. The van der Waals surface area contributed by atoms with Gasteiger partial charge >= 0.3 is 0 Å². The molecule has 0 saturated heterocycles. The number of rotatable bonds is 5. The van der Waals surface area contributed by atoms with Crippen LogP contribution in [0.3, 0.4) is 0 Å². The van der Waals surface area contributed by atoms with Gasteiger partial charge in [0.1, 0.15) is 11.6 Å². The number of aromatic nitrogens is 2. The molecule has 0 unspecified atom stereocenters. The highest BCUT2D eigenvalue weighted by atomic mass is 79.9. The largest absolute Gasteiger partial charge is 0.495 e. The predicted octanol–water partition coefficient (Wildman–Crippen LogP) is 3.61. The van der Waals surface area contributed by atoms with Crippen LogP contribution in [0.1, 0.15) is 17.1 Å². The van der Waals surface area contributed by atoms with E-state index < -0.39 is 0 Å². The number of ether oxygens (including phenoxy) is 1. The summed E-state index contributed by atoms with van der Waals surface area (Å²) >= 11 is 6.99. The lowest BCUT2D eigenvalue weighted by Crippen LogP contribution is -2.15. The van der Waals surface area contributed by atoms with Crippen LogP contribution in [-0.2, 0) is 13.1 Å². The van der Waals surface area contributed by atoms with E-state index in [9.17, 15) is 0 Å². The van der Waals surface area contributed by atoms with Crippen molar-refractivity contribution < 1.29 is 4.74 Å². The first kappa shape index (κ1) is 15.4. The summed E-state index contributed by atoms with van der Waals surface area (Å²) in [5, 5.41) is 3.36. The Labute approximate surface area is 135 Å². The number of nitrogens with one attached hydrogen (secondary N) is 1. The number of halogens is 2. The molecule has 0 atom stereocenters. The van der Waals surface area contributed by atoms with Crippen LogP contribution in [0.25, 0.3) is 0 Å². The van der Waals surface area contributed by atoms with Crippen molar-refractivity contribution in [1.82, 2.24) is 15.3 Å². The second-order valence-electron chi connectivity index (χ2n) is 4.28. The fraction of sp³-hybridized carbons (Fsp3) is 0.286. The Morgan fingerprint density at radius 2 is 2.05 bits per heavy atom. The SMILES string of the molecule is COc1c(Br)cc(Br)cc1CNCc1ccnc(C)n1. The first-order chi connectivity index (χ1) is 9.60. The van der Waals surface area contributed by atoms with Crippen LogP contribution in [0.4, 0.5) is 0 Å². The van der Waals surface area contributed by atoms with Crippen LogP contribution in [0.15, 0.2) is 33.3 Å². The lowest BCUT2D eigenvalue weighted by molar-refractivity contribution is 0.404. The molecule has 2 rings (SSSR count). The molecule has 0 saturated carbocycles. The Balaban J connectivity index is 2.04.